The zero-order chi connectivity index (χ0) is 14.3. The smallest absolute Gasteiger partial charge is 0.305 e. The molecular weight excluding hydrogens is 240 g/mol. The van der Waals surface area contributed by atoms with Gasteiger partial charge in [0, 0.05) is 6.42 Å². The van der Waals surface area contributed by atoms with Crippen LogP contribution in [0.2, 0.25) is 0 Å². The van der Waals surface area contributed by atoms with Crippen molar-refractivity contribution in [3.05, 3.63) is 28.8 Å². The molecule has 2 rings (SSSR count). The van der Waals surface area contributed by atoms with E-state index in [4.69, 9.17) is 0 Å². The molecule has 0 saturated heterocycles. The van der Waals surface area contributed by atoms with E-state index in [1.54, 1.807) is 6.07 Å². The number of aryl methyl sites for hydroxylation is 1. The molecule has 0 aromatic heterocycles. The molecule has 0 saturated carbocycles. The summed E-state index contributed by atoms with van der Waals surface area (Å²) in [6.45, 7) is 4.00. The van der Waals surface area contributed by atoms with E-state index in [1.807, 2.05) is 19.9 Å². The molecule has 1 aliphatic carbocycles. The average Bonchev–Trinajstić information content (AvgIpc) is 2.48. The zero-order valence-corrected chi connectivity index (χ0v) is 12.2. The van der Waals surface area contributed by atoms with Gasteiger partial charge in [0.2, 0.25) is 0 Å². The number of phenolic OH excluding ortho intramolecular Hbond substituents is 1. The van der Waals surface area contributed by atoms with E-state index < -0.39 is 0 Å². The van der Waals surface area contributed by atoms with E-state index in [-0.39, 0.29) is 5.97 Å². The number of hydrogen-bond donors (Lipinski definition) is 1. The van der Waals surface area contributed by atoms with E-state index in [0.717, 1.165) is 24.8 Å². The first kappa shape index (κ1) is 15.5. The molecule has 0 unspecified atom stereocenters. The third-order valence-electron chi connectivity index (χ3n) is 3.43. The molecule has 0 atom stereocenters. The molecule has 0 aliphatic heterocycles. The van der Waals surface area contributed by atoms with Crippen molar-refractivity contribution in [1.82, 2.24) is 0 Å². The van der Waals surface area contributed by atoms with Gasteiger partial charge in [0.25, 0.3) is 0 Å². The number of esters is 1. The summed E-state index contributed by atoms with van der Waals surface area (Å²) >= 11 is 0. The highest BCUT2D eigenvalue weighted by Gasteiger charge is 2.17. The lowest BCUT2D eigenvalue weighted by Crippen LogP contribution is -2.09. The third-order valence-corrected chi connectivity index (χ3v) is 3.43. The van der Waals surface area contributed by atoms with Gasteiger partial charge in [0.05, 0.1) is 7.11 Å². The monoisotopic (exact) mass is 264 g/mol. The summed E-state index contributed by atoms with van der Waals surface area (Å²) in [5, 5.41) is 9.81. The number of aromatic hydroxyl groups is 1. The van der Waals surface area contributed by atoms with Crippen molar-refractivity contribution < 1.29 is 14.6 Å². The fourth-order valence-corrected chi connectivity index (χ4v) is 2.50. The van der Waals surface area contributed by atoms with E-state index in [0.29, 0.717) is 18.6 Å². The highest BCUT2D eigenvalue weighted by atomic mass is 16.5. The van der Waals surface area contributed by atoms with E-state index in [1.165, 1.54) is 24.7 Å². The molecule has 0 amide bonds. The molecular formula is C16H24O3. The number of ether oxygens (including phenoxy) is 1. The Morgan fingerprint density at radius 1 is 1.21 bits per heavy atom. The van der Waals surface area contributed by atoms with Gasteiger partial charge in [0.1, 0.15) is 5.75 Å². The zero-order valence-electron chi connectivity index (χ0n) is 12.2. The largest absolute Gasteiger partial charge is 0.508 e. The molecule has 0 spiro atoms. The van der Waals surface area contributed by atoms with Gasteiger partial charge < -0.3 is 9.84 Å². The first-order chi connectivity index (χ1) is 9.22. The molecule has 0 radical (unpaired) electrons. The van der Waals surface area contributed by atoms with Crippen molar-refractivity contribution in [2.75, 3.05) is 7.11 Å². The second-order valence-electron chi connectivity index (χ2n) is 4.48. The van der Waals surface area contributed by atoms with Crippen LogP contribution in [-0.4, -0.2) is 18.2 Å². The number of rotatable bonds is 3. The van der Waals surface area contributed by atoms with E-state index in [9.17, 15) is 9.90 Å². The number of benzene rings is 1. The number of phenols is 1. The minimum Gasteiger partial charge on any atom is -0.508 e. The Balaban J connectivity index is 0.000000861. The molecule has 0 bridgehead atoms. The van der Waals surface area contributed by atoms with Crippen molar-refractivity contribution in [2.24, 2.45) is 0 Å². The maximum atomic E-state index is 11.1. The Hall–Kier alpha value is -1.51. The number of hydrogen-bond acceptors (Lipinski definition) is 3. The lowest BCUT2D eigenvalue weighted by molar-refractivity contribution is -0.140. The van der Waals surface area contributed by atoms with Crippen LogP contribution in [0.15, 0.2) is 12.1 Å². The Morgan fingerprint density at radius 3 is 2.47 bits per heavy atom. The summed E-state index contributed by atoms with van der Waals surface area (Å²) in [7, 11) is 1.41. The number of carbonyl (C=O) groups is 1. The van der Waals surface area contributed by atoms with Gasteiger partial charge in [0.15, 0.2) is 0 Å². The van der Waals surface area contributed by atoms with Crippen molar-refractivity contribution in [3.8, 4) is 5.75 Å². The number of fused-ring (bicyclic) bond motifs is 1. The molecule has 1 aromatic carbocycles. The highest BCUT2D eigenvalue weighted by Crippen LogP contribution is 2.31. The fourth-order valence-electron chi connectivity index (χ4n) is 2.50. The van der Waals surface area contributed by atoms with Crippen molar-refractivity contribution >= 4 is 5.97 Å². The lowest BCUT2D eigenvalue weighted by atomic mass is 9.86. The van der Waals surface area contributed by atoms with Gasteiger partial charge in [-0.2, -0.15) is 0 Å². The minimum atomic E-state index is -0.178. The Labute approximate surface area is 115 Å². The lowest BCUT2D eigenvalue weighted by Gasteiger charge is -2.20. The van der Waals surface area contributed by atoms with Crippen LogP contribution >= 0.6 is 0 Å². The van der Waals surface area contributed by atoms with Gasteiger partial charge in [-0.3, -0.25) is 4.79 Å². The predicted molar refractivity (Wildman–Crippen MR) is 76.4 cm³/mol. The van der Waals surface area contributed by atoms with Crippen molar-refractivity contribution in [2.45, 2.75) is 52.4 Å². The molecule has 1 aromatic rings. The Kier molecular flexibility index (Phi) is 6.40. The summed E-state index contributed by atoms with van der Waals surface area (Å²) in [4.78, 5) is 11.1. The van der Waals surface area contributed by atoms with Crippen LogP contribution in [0.3, 0.4) is 0 Å². The molecule has 0 fully saturated rings. The second kappa shape index (κ2) is 7.82. The summed E-state index contributed by atoms with van der Waals surface area (Å²) in [5.74, 6) is 0.226. The second-order valence-corrected chi connectivity index (χ2v) is 4.48. The van der Waals surface area contributed by atoms with Crippen LogP contribution in [-0.2, 0) is 28.8 Å². The summed E-state index contributed by atoms with van der Waals surface area (Å²) in [6.07, 6.45) is 5.39. The Morgan fingerprint density at radius 2 is 1.84 bits per heavy atom. The van der Waals surface area contributed by atoms with E-state index >= 15 is 0 Å². The molecule has 1 aliphatic rings. The first-order valence-electron chi connectivity index (χ1n) is 7.12. The van der Waals surface area contributed by atoms with Crippen molar-refractivity contribution in [3.63, 3.8) is 0 Å². The van der Waals surface area contributed by atoms with Crippen LogP contribution in [0, 0.1) is 0 Å². The molecule has 106 valence electrons. The van der Waals surface area contributed by atoms with Crippen LogP contribution in [0.1, 0.15) is 49.8 Å². The van der Waals surface area contributed by atoms with Gasteiger partial charge in [-0.15, -0.1) is 0 Å². The van der Waals surface area contributed by atoms with Gasteiger partial charge in [-0.25, -0.2) is 0 Å². The van der Waals surface area contributed by atoms with Gasteiger partial charge >= 0.3 is 5.97 Å². The minimum absolute atomic E-state index is 0.178. The fraction of sp³-hybridized carbons (Fsp3) is 0.562. The molecule has 1 N–H and O–H groups in total. The average molecular weight is 264 g/mol. The third kappa shape index (κ3) is 3.98. The highest BCUT2D eigenvalue weighted by molar-refractivity contribution is 5.69. The van der Waals surface area contributed by atoms with Gasteiger partial charge in [-0.1, -0.05) is 19.9 Å². The quantitative estimate of drug-likeness (QED) is 0.851. The summed E-state index contributed by atoms with van der Waals surface area (Å²) < 4.78 is 4.65. The number of methoxy groups -OCH3 is 1. The van der Waals surface area contributed by atoms with Crippen LogP contribution in [0.25, 0.3) is 0 Å². The summed E-state index contributed by atoms with van der Waals surface area (Å²) in [6, 6.07) is 3.68. The maximum absolute atomic E-state index is 11.1. The van der Waals surface area contributed by atoms with Crippen LogP contribution in [0.4, 0.5) is 0 Å². The standard InChI is InChI=1S/C14H18O3.C2H6/c1-17-14(16)9-7-10-6-8-13(15)12-5-3-2-4-11(10)12;1-2/h6,8,15H,2-5,7,9H2,1H3;1-2H3. The normalized spacial score (nSPS) is 13.0. The first-order valence-corrected chi connectivity index (χ1v) is 7.12. The Bertz CT molecular complexity index is 424. The topological polar surface area (TPSA) is 46.5 Å². The van der Waals surface area contributed by atoms with E-state index in [2.05, 4.69) is 4.74 Å². The van der Waals surface area contributed by atoms with Gasteiger partial charge in [-0.05, 0) is 54.9 Å². The van der Waals surface area contributed by atoms with Crippen molar-refractivity contribution in [1.29, 1.82) is 0 Å². The molecule has 3 heteroatoms. The molecule has 0 heterocycles. The summed E-state index contributed by atoms with van der Waals surface area (Å²) in [5.41, 5.74) is 3.52. The predicted octanol–water partition coefficient (Wildman–Crippen LogP) is 3.40. The molecule has 19 heavy (non-hydrogen) atoms. The SMILES string of the molecule is CC.COC(=O)CCc1ccc(O)c2c1CCCC2. The van der Waals surface area contributed by atoms with Crippen LogP contribution < -0.4 is 0 Å². The molecule has 3 nitrogen and oxygen atoms in total. The van der Waals surface area contributed by atoms with Crippen LogP contribution in [0.5, 0.6) is 5.75 Å². The maximum Gasteiger partial charge on any atom is 0.305 e. The number of carbonyl (C=O) groups excluding carboxylic acids is 1.